The summed E-state index contributed by atoms with van der Waals surface area (Å²) >= 11 is 0. The Morgan fingerprint density at radius 1 is 1.05 bits per heavy atom. The first-order chi connectivity index (χ1) is 10.1. The maximum absolute atomic E-state index is 6.10. The summed E-state index contributed by atoms with van der Waals surface area (Å²) in [6.45, 7) is 6.24. The molecule has 4 rings (SSSR count). The lowest BCUT2D eigenvalue weighted by atomic mass is 10.0. The molecule has 0 fully saturated rings. The number of rotatable bonds is 1. The van der Waals surface area contributed by atoms with Gasteiger partial charge in [0.1, 0.15) is 23.8 Å². The van der Waals surface area contributed by atoms with E-state index in [0.29, 0.717) is 0 Å². The van der Waals surface area contributed by atoms with Crippen LogP contribution in [0.2, 0.25) is 0 Å². The minimum absolute atomic E-state index is 0.923. The maximum atomic E-state index is 6.10. The Kier molecular flexibility index (Phi) is 2.42. The molecule has 2 aromatic carbocycles. The quantitative estimate of drug-likeness (QED) is 0.526. The van der Waals surface area contributed by atoms with Crippen molar-refractivity contribution < 1.29 is 4.42 Å². The van der Waals surface area contributed by atoms with Crippen LogP contribution in [-0.4, -0.2) is 14.8 Å². The summed E-state index contributed by atoms with van der Waals surface area (Å²) in [5.74, 6) is 0. The first-order valence-corrected chi connectivity index (χ1v) is 6.93. The predicted octanol–water partition coefficient (Wildman–Crippen LogP) is 4.09. The highest BCUT2D eigenvalue weighted by molar-refractivity contribution is 6.07. The minimum Gasteiger partial charge on any atom is -0.456 e. The molecular formula is C17H15N3O. The molecule has 0 amide bonds. The molecule has 0 aliphatic heterocycles. The predicted molar refractivity (Wildman–Crippen MR) is 82.8 cm³/mol. The van der Waals surface area contributed by atoms with Crippen molar-refractivity contribution in [3.63, 3.8) is 0 Å². The summed E-state index contributed by atoms with van der Waals surface area (Å²) in [5, 5.41) is 6.56. The highest BCUT2D eigenvalue weighted by Crippen LogP contribution is 2.35. The largest absolute Gasteiger partial charge is 0.456 e. The summed E-state index contributed by atoms with van der Waals surface area (Å²) in [6, 6.07) is 8.50. The molecule has 4 aromatic rings. The molecule has 0 spiro atoms. The number of benzene rings is 2. The number of aromatic nitrogens is 3. The third-order valence-electron chi connectivity index (χ3n) is 3.96. The van der Waals surface area contributed by atoms with Crippen LogP contribution in [0.25, 0.3) is 27.6 Å². The first-order valence-electron chi connectivity index (χ1n) is 6.93. The fraction of sp³-hybridized carbons (Fsp3) is 0.176. The number of hydrogen-bond acceptors (Lipinski definition) is 3. The number of hydrogen-bond donors (Lipinski definition) is 0. The molecule has 4 nitrogen and oxygen atoms in total. The van der Waals surface area contributed by atoms with Gasteiger partial charge >= 0.3 is 0 Å². The molecule has 0 bridgehead atoms. The minimum atomic E-state index is 0.923. The van der Waals surface area contributed by atoms with Gasteiger partial charge in [-0.25, -0.2) is 9.67 Å². The molecule has 0 radical (unpaired) electrons. The Morgan fingerprint density at radius 2 is 1.90 bits per heavy atom. The Bertz CT molecular complexity index is 965. The van der Waals surface area contributed by atoms with Crippen molar-refractivity contribution in [3.05, 3.63) is 53.6 Å². The van der Waals surface area contributed by atoms with E-state index in [2.05, 4.69) is 55.1 Å². The zero-order chi connectivity index (χ0) is 14.6. The number of nitrogens with zero attached hydrogens (tertiary/aromatic N) is 3. The summed E-state index contributed by atoms with van der Waals surface area (Å²) in [5.41, 5.74) is 6.34. The van der Waals surface area contributed by atoms with Crippen LogP contribution in [0.4, 0.5) is 0 Å². The van der Waals surface area contributed by atoms with Gasteiger partial charge in [0, 0.05) is 16.3 Å². The zero-order valence-corrected chi connectivity index (χ0v) is 12.2. The summed E-state index contributed by atoms with van der Waals surface area (Å²) in [4.78, 5) is 4.04. The van der Waals surface area contributed by atoms with E-state index in [0.717, 1.165) is 38.8 Å². The van der Waals surface area contributed by atoms with Gasteiger partial charge < -0.3 is 4.42 Å². The van der Waals surface area contributed by atoms with Gasteiger partial charge in [-0.2, -0.15) is 5.10 Å². The Morgan fingerprint density at radius 3 is 2.67 bits per heavy atom. The zero-order valence-electron chi connectivity index (χ0n) is 12.2. The van der Waals surface area contributed by atoms with Crippen molar-refractivity contribution in [2.75, 3.05) is 0 Å². The molecule has 0 atom stereocenters. The monoisotopic (exact) mass is 277 g/mol. The van der Waals surface area contributed by atoms with E-state index < -0.39 is 0 Å². The van der Waals surface area contributed by atoms with Gasteiger partial charge in [-0.3, -0.25) is 0 Å². The summed E-state index contributed by atoms with van der Waals surface area (Å²) in [6.07, 6.45) is 3.26. The molecule has 0 N–H and O–H groups in total. The number of fused-ring (bicyclic) bond motifs is 3. The number of furan rings is 1. The lowest BCUT2D eigenvalue weighted by Crippen LogP contribution is -2.00. The Hall–Kier alpha value is -2.62. The van der Waals surface area contributed by atoms with E-state index in [-0.39, 0.29) is 0 Å². The second-order valence-corrected chi connectivity index (χ2v) is 5.49. The lowest BCUT2D eigenvalue weighted by Gasteiger charge is -2.09. The average Bonchev–Trinajstić information content (AvgIpc) is 3.06. The van der Waals surface area contributed by atoms with Crippen LogP contribution in [-0.2, 0) is 0 Å². The molecule has 0 aliphatic rings. The third kappa shape index (κ3) is 1.69. The highest BCUT2D eigenvalue weighted by Gasteiger charge is 2.16. The second-order valence-electron chi connectivity index (χ2n) is 5.49. The van der Waals surface area contributed by atoms with E-state index in [4.69, 9.17) is 4.42 Å². The summed E-state index contributed by atoms with van der Waals surface area (Å²) in [7, 11) is 0. The molecule has 0 unspecified atom stereocenters. The van der Waals surface area contributed by atoms with E-state index in [1.165, 1.54) is 5.56 Å². The van der Waals surface area contributed by atoms with Crippen molar-refractivity contribution in [1.29, 1.82) is 0 Å². The average molecular weight is 277 g/mol. The topological polar surface area (TPSA) is 43.9 Å². The highest BCUT2D eigenvalue weighted by atomic mass is 16.3. The van der Waals surface area contributed by atoms with Crippen molar-refractivity contribution in [1.82, 2.24) is 14.8 Å². The van der Waals surface area contributed by atoms with Crippen LogP contribution in [0, 0.1) is 20.8 Å². The Labute approximate surface area is 122 Å². The molecule has 0 saturated heterocycles. The van der Waals surface area contributed by atoms with E-state index in [1.807, 2.05) is 0 Å². The molecule has 4 heteroatoms. The Balaban J connectivity index is 2.14. The van der Waals surface area contributed by atoms with Crippen molar-refractivity contribution in [2.45, 2.75) is 20.8 Å². The fourth-order valence-corrected chi connectivity index (χ4v) is 3.01. The van der Waals surface area contributed by atoms with Gasteiger partial charge in [-0.05, 0) is 44.0 Å². The third-order valence-corrected chi connectivity index (χ3v) is 3.96. The van der Waals surface area contributed by atoms with Crippen LogP contribution in [0.15, 0.2) is 41.3 Å². The van der Waals surface area contributed by atoms with E-state index in [9.17, 15) is 0 Å². The van der Waals surface area contributed by atoms with Crippen molar-refractivity contribution >= 4 is 21.9 Å². The second kappa shape index (κ2) is 4.19. The van der Waals surface area contributed by atoms with Gasteiger partial charge in [0.25, 0.3) is 0 Å². The normalized spacial score (nSPS) is 11.6. The standard InChI is InChI=1S/C17H15N3O/c1-10-4-5-13-14-7-11(2)16(20-9-18-8-19-20)12(3)17(14)21-15(13)6-10/h4-9H,1-3H3. The smallest absolute Gasteiger partial charge is 0.140 e. The molecule has 2 aromatic heterocycles. The molecule has 0 aliphatic carbocycles. The van der Waals surface area contributed by atoms with E-state index >= 15 is 0 Å². The van der Waals surface area contributed by atoms with Crippen LogP contribution in [0.5, 0.6) is 0 Å². The van der Waals surface area contributed by atoms with Crippen LogP contribution < -0.4 is 0 Å². The van der Waals surface area contributed by atoms with Crippen LogP contribution in [0.3, 0.4) is 0 Å². The van der Waals surface area contributed by atoms with Gasteiger partial charge in [0.05, 0.1) is 5.69 Å². The SMILES string of the molecule is Cc1ccc2c(c1)oc1c(C)c(-n3cncn3)c(C)cc12. The molecular weight excluding hydrogens is 262 g/mol. The maximum Gasteiger partial charge on any atom is 0.140 e. The van der Waals surface area contributed by atoms with Crippen molar-refractivity contribution in [3.8, 4) is 5.69 Å². The van der Waals surface area contributed by atoms with Crippen LogP contribution in [0.1, 0.15) is 16.7 Å². The lowest BCUT2D eigenvalue weighted by molar-refractivity contribution is 0.664. The van der Waals surface area contributed by atoms with Gasteiger partial charge in [-0.1, -0.05) is 12.1 Å². The summed E-state index contributed by atoms with van der Waals surface area (Å²) < 4.78 is 7.89. The fourth-order valence-electron chi connectivity index (χ4n) is 3.01. The molecule has 21 heavy (non-hydrogen) atoms. The first kappa shape index (κ1) is 12.1. The molecule has 0 saturated carbocycles. The van der Waals surface area contributed by atoms with Crippen LogP contribution >= 0.6 is 0 Å². The van der Waals surface area contributed by atoms with Crippen molar-refractivity contribution in [2.24, 2.45) is 0 Å². The molecule has 104 valence electrons. The van der Waals surface area contributed by atoms with Gasteiger partial charge in [0.15, 0.2) is 0 Å². The van der Waals surface area contributed by atoms with Gasteiger partial charge in [0.2, 0.25) is 0 Å². The van der Waals surface area contributed by atoms with Gasteiger partial charge in [-0.15, -0.1) is 0 Å². The number of aryl methyl sites for hydroxylation is 3. The van der Waals surface area contributed by atoms with E-state index in [1.54, 1.807) is 17.3 Å². The molecule has 2 heterocycles.